The second-order valence-electron chi connectivity index (χ2n) is 4.95. The van der Waals surface area contributed by atoms with Crippen molar-refractivity contribution in [1.29, 1.82) is 0 Å². The number of piperidine rings is 1. The summed E-state index contributed by atoms with van der Waals surface area (Å²) in [5, 5.41) is 6.90. The molecule has 2 nitrogen and oxygen atoms in total. The monoisotopic (exact) mass is 258 g/mol. The van der Waals surface area contributed by atoms with Gasteiger partial charge in [-0.1, -0.05) is 36.2 Å². The smallest absolute Gasteiger partial charge is 0.123 e. The maximum atomic E-state index is 4.79. The summed E-state index contributed by atoms with van der Waals surface area (Å²) in [4.78, 5) is 4.79. The van der Waals surface area contributed by atoms with Gasteiger partial charge in [0.05, 0.1) is 11.7 Å². The fourth-order valence-electron chi connectivity index (χ4n) is 2.38. The lowest BCUT2D eigenvalue weighted by atomic mass is 10.0. The summed E-state index contributed by atoms with van der Waals surface area (Å²) in [6.07, 6.45) is 3.83. The van der Waals surface area contributed by atoms with E-state index < -0.39 is 0 Å². The molecule has 1 fully saturated rings. The van der Waals surface area contributed by atoms with Gasteiger partial charge in [0.15, 0.2) is 0 Å². The molecule has 94 valence electrons. The summed E-state index contributed by atoms with van der Waals surface area (Å²) in [7, 11) is 0. The van der Waals surface area contributed by atoms with Crippen LogP contribution in [-0.4, -0.2) is 11.5 Å². The van der Waals surface area contributed by atoms with Crippen molar-refractivity contribution >= 4 is 11.3 Å². The number of rotatable bonds is 2. The Morgan fingerprint density at radius 1 is 1.22 bits per heavy atom. The average molecular weight is 258 g/mol. The molecule has 1 unspecified atom stereocenters. The van der Waals surface area contributed by atoms with Crippen LogP contribution in [0.3, 0.4) is 0 Å². The van der Waals surface area contributed by atoms with Gasteiger partial charge in [0, 0.05) is 10.9 Å². The predicted molar refractivity (Wildman–Crippen MR) is 76.9 cm³/mol. The van der Waals surface area contributed by atoms with E-state index in [1.807, 2.05) is 0 Å². The molecule has 1 aliphatic rings. The second kappa shape index (κ2) is 5.21. The molecular formula is C15H18N2S. The Morgan fingerprint density at radius 2 is 2.06 bits per heavy atom. The molecule has 0 bridgehead atoms. The maximum absolute atomic E-state index is 4.79. The first kappa shape index (κ1) is 11.9. The van der Waals surface area contributed by atoms with Crippen LogP contribution in [0.2, 0.25) is 0 Å². The van der Waals surface area contributed by atoms with Crippen LogP contribution in [0.25, 0.3) is 10.6 Å². The average Bonchev–Trinajstić information content (AvgIpc) is 2.90. The zero-order chi connectivity index (χ0) is 12.4. The lowest BCUT2D eigenvalue weighted by Gasteiger charge is -2.21. The minimum atomic E-state index is 0.467. The fourth-order valence-corrected chi connectivity index (χ4v) is 3.26. The van der Waals surface area contributed by atoms with E-state index in [2.05, 4.69) is 41.9 Å². The van der Waals surface area contributed by atoms with Crippen molar-refractivity contribution in [1.82, 2.24) is 10.3 Å². The molecule has 2 aromatic rings. The Hall–Kier alpha value is -1.19. The molecule has 1 atom stereocenters. The number of aryl methyl sites for hydroxylation is 1. The molecule has 1 aromatic heterocycles. The number of hydrogen-bond acceptors (Lipinski definition) is 3. The van der Waals surface area contributed by atoms with Gasteiger partial charge in [0.2, 0.25) is 0 Å². The van der Waals surface area contributed by atoms with E-state index in [0.29, 0.717) is 6.04 Å². The van der Waals surface area contributed by atoms with Gasteiger partial charge in [0.1, 0.15) is 5.01 Å². The summed E-state index contributed by atoms with van der Waals surface area (Å²) in [6.45, 7) is 3.24. The molecule has 3 rings (SSSR count). The van der Waals surface area contributed by atoms with Gasteiger partial charge < -0.3 is 5.32 Å². The molecule has 3 heteroatoms. The van der Waals surface area contributed by atoms with Gasteiger partial charge in [-0.3, -0.25) is 0 Å². The van der Waals surface area contributed by atoms with Crippen molar-refractivity contribution in [3.05, 3.63) is 40.9 Å². The van der Waals surface area contributed by atoms with Crippen LogP contribution in [0.1, 0.15) is 36.6 Å². The van der Waals surface area contributed by atoms with E-state index in [-0.39, 0.29) is 0 Å². The van der Waals surface area contributed by atoms with E-state index >= 15 is 0 Å². The number of nitrogens with zero attached hydrogens (tertiary/aromatic N) is 1. The van der Waals surface area contributed by atoms with Gasteiger partial charge in [-0.15, -0.1) is 11.3 Å². The Kier molecular flexibility index (Phi) is 3.43. The standard InChI is InChI=1S/C15H18N2S/c1-11-5-7-12(8-6-11)15-17-14(10-18-15)13-4-2-3-9-16-13/h5-8,10,13,16H,2-4,9H2,1H3. The third-order valence-electron chi connectivity index (χ3n) is 3.49. The molecule has 1 aromatic carbocycles. The number of benzene rings is 1. The topological polar surface area (TPSA) is 24.9 Å². The van der Waals surface area contributed by atoms with Crippen molar-refractivity contribution in [2.24, 2.45) is 0 Å². The summed E-state index contributed by atoms with van der Waals surface area (Å²) in [6, 6.07) is 9.08. The van der Waals surface area contributed by atoms with Gasteiger partial charge in [-0.05, 0) is 26.3 Å². The molecule has 2 heterocycles. The zero-order valence-corrected chi connectivity index (χ0v) is 11.5. The lowest BCUT2D eigenvalue weighted by molar-refractivity contribution is 0.407. The number of thiazole rings is 1. The highest BCUT2D eigenvalue weighted by Crippen LogP contribution is 2.29. The summed E-state index contributed by atoms with van der Waals surface area (Å²) < 4.78 is 0. The van der Waals surface area contributed by atoms with Crippen LogP contribution in [0, 0.1) is 6.92 Å². The third kappa shape index (κ3) is 2.47. The highest BCUT2D eigenvalue weighted by molar-refractivity contribution is 7.13. The van der Waals surface area contributed by atoms with Gasteiger partial charge in [-0.2, -0.15) is 0 Å². The highest BCUT2D eigenvalue weighted by Gasteiger charge is 2.17. The maximum Gasteiger partial charge on any atom is 0.123 e. The fraction of sp³-hybridized carbons (Fsp3) is 0.400. The van der Waals surface area contributed by atoms with Crippen molar-refractivity contribution in [2.75, 3.05) is 6.54 Å². The minimum absolute atomic E-state index is 0.467. The molecule has 18 heavy (non-hydrogen) atoms. The predicted octanol–water partition coefficient (Wildman–Crippen LogP) is 3.93. The largest absolute Gasteiger partial charge is 0.309 e. The normalized spacial score (nSPS) is 19.9. The molecular weight excluding hydrogens is 240 g/mol. The van der Waals surface area contributed by atoms with E-state index in [9.17, 15) is 0 Å². The van der Waals surface area contributed by atoms with Crippen LogP contribution in [0.15, 0.2) is 29.6 Å². The van der Waals surface area contributed by atoms with Crippen molar-refractivity contribution in [3.8, 4) is 10.6 Å². The first-order valence-electron chi connectivity index (χ1n) is 6.59. The Labute approximate surface area is 112 Å². The van der Waals surface area contributed by atoms with Crippen LogP contribution in [0.5, 0.6) is 0 Å². The molecule has 1 N–H and O–H groups in total. The minimum Gasteiger partial charge on any atom is -0.309 e. The van der Waals surface area contributed by atoms with E-state index in [0.717, 1.165) is 11.6 Å². The molecule has 0 saturated carbocycles. The number of nitrogens with one attached hydrogen (secondary N) is 1. The Balaban J connectivity index is 1.82. The lowest BCUT2D eigenvalue weighted by Crippen LogP contribution is -2.26. The molecule has 0 spiro atoms. The molecule has 1 aliphatic heterocycles. The van der Waals surface area contributed by atoms with Gasteiger partial charge in [0.25, 0.3) is 0 Å². The van der Waals surface area contributed by atoms with Crippen LogP contribution in [-0.2, 0) is 0 Å². The van der Waals surface area contributed by atoms with Crippen LogP contribution < -0.4 is 5.32 Å². The van der Waals surface area contributed by atoms with Crippen LogP contribution >= 0.6 is 11.3 Å². The Morgan fingerprint density at radius 3 is 2.78 bits per heavy atom. The number of aromatic nitrogens is 1. The molecule has 1 saturated heterocycles. The highest BCUT2D eigenvalue weighted by atomic mass is 32.1. The third-order valence-corrected chi connectivity index (χ3v) is 4.40. The van der Waals surface area contributed by atoms with E-state index in [1.165, 1.54) is 36.1 Å². The van der Waals surface area contributed by atoms with Crippen LogP contribution in [0.4, 0.5) is 0 Å². The first-order valence-corrected chi connectivity index (χ1v) is 7.47. The van der Waals surface area contributed by atoms with E-state index in [4.69, 9.17) is 4.98 Å². The van der Waals surface area contributed by atoms with Gasteiger partial charge in [-0.25, -0.2) is 4.98 Å². The zero-order valence-electron chi connectivity index (χ0n) is 10.6. The molecule has 0 radical (unpaired) electrons. The van der Waals surface area contributed by atoms with Crippen molar-refractivity contribution < 1.29 is 0 Å². The second-order valence-corrected chi connectivity index (χ2v) is 5.80. The van der Waals surface area contributed by atoms with Crippen molar-refractivity contribution in [3.63, 3.8) is 0 Å². The summed E-state index contributed by atoms with van der Waals surface area (Å²) in [5.74, 6) is 0. The number of hydrogen-bond donors (Lipinski definition) is 1. The van der Waals surface area contributed by atoms with E-state index in [1.54, 1.807) is 11.3 Å². The molecule has 0 amide bonds. The first-order chi connectivity index (χ1) is 8.83. The Bertz CT molecular complexity index is 510. The SMILES string of the molecule is Cc1ccc(-c2nc(C3CCCCN3)cs2)cc1. The molecule has 0 aliphatic carbocycles. The quantitative estimate of drug-likeness (QED) is 0.882. The van der Waals surface area contributed by atoms with Gasteiger partial charge >= 0.3 is 0 Å². The van der Waals surface area contributed by atoms with Crippen molar-refractivity contribution in [2.45, 2.75) is 32.2 Å². The summed E-state index contributed by atoms with van der Waals surface area (Å²) >= 11 is 1.75. The summed E-state index contributed by atoms with van der Waals surface area (Å²) in [5.41, 5.74) is 3.74.